The van der Waals surface area contributed by atoms with Crippen LogP contribution in [-0.2, 0) is 14.3 Å². The van der Waals surface area contributed by atoms with Gasteiger partial charge in [0.2, 0.25) is 5.91 Å². The lowest BCUT2D eigenvalue weighted by Gasteiger charge is -2.44. The van der Waals surface area contributed by atoms with Crippen molar-refractivity contribution in [1.82, 2.24) is 5.32 Å². The first-order valence-electron chi connectivity index (χ1n) is 7.98. The van der Waals surface area contributed by atoms with E-state index in [2.05, 4.69) is 5.32 Å². The van der Waals surface area contributed by atoms with Gasteiger partial charge in [-0.3, -0.25) is 4.79 Å². The maximum atomic E-state index is 11.3. The molecular weight excluding hydrogens is 358 g/mol. The topological polar surface area (TPSA) is 209 Å². The Bertz CT molecular complexity index is 439. The van der Waals surface area contributed by atoms with E-state index in [0.717, 1.165) is 6.92 Å². The number of amides is 1. The number of hydrogen-bond acceptors (Lipinski definition) is 11. The number of aliphatic hydroxyl groups is 8. The fraction of sp³-hybridized carbons (Fsp3) is 0.929. The summed E-state index contributed by atoms with van der Waals surface area (Å²) in [6.45, 7) is -1.34. The first-order chi connectivity index (χ1) is 12.2. The zero-order chi connectivity index (χ0) is 20.0. The molecule has 1 aliphatic rings. The van der Waals surface area contributed by atoms with Crippen molar-refractivity contribution in [3.8, 4) is 0 Å². The van der Waals surface area contributed by atoms with Gasteiger partial charge in [0.05, 0.1) is 19.8 Å². The molecule has 0 radical (unpaired) electrons. The monoisotopic (exact) mass is 385 g/mol. The standard InChI is InChI=1S/C14H27NO11/c1-5(19)15-9-12(24)11(23)8(4-18)25-14(9)26-13(7(21)3-17)10(22)6(20)2-16/h6-14,16-18,20-24H,2-4H2,1H3,(H,15,19)/t6-,7+,8+,9+,10+,11+,12+,13-,14+/m0/s1. The van der Waals surface area contributed by atoms with Gasteiger partial charge >= 0.3 is 0 Å². The van der Waals surface area contributed by atoms with E-state index in [0.29, 0.717) is 0 Å². The van der Waals surface area contributed by atoms with Crippen molar-refractivity contribution < 1.29 is 55.1 Å². The zero-order valence-corrected chi connectivity index (χ0v) is 14.1. The number of ether oxygens (including phenoxy) is 2. The molecule has 1 heterocycles. The Morgan fingerprint density at radius 2 is 1.65 bits per heavy atom. The first kappa shape index (κ1) is 23.1. The third kappa shape index (κ3) is 5.53. The second kappa shape index (κ2) is 10.4. The van der Waals surface area contributed by atoms with E-state index in [9.17, 15) is 35.4 Å². The highest BCUT2D eigenvalue weighted by Gasteiger charge is 2.47. The summed E-state index contributed by atoms with van der Waals surface area (Å²) in [6.07, 6.45) is -13.1. The Morgan fingerprint density at radius 1 is 1.08 bits per heavy atom. The Balaban J connectivity index is 3.07. The molecule has 0 aromatic heterocycles. The summed E-state index contributed by atoms with van der Waals surface area (Å²) in [6, 6.07) is -1.35. The third-order valence-electron chi connectivity index (χ3n) is 4.03. The summed E-state index contributed by atoms with van der Waals surface area (Å²) in [5.74, 6) is -0.615. The van der Waals surface area contributed by atoms with Crippen LogP contribution in [0, 0.1) is 0 Å². The predicted molar refractivity (Wildman–Crippen MR) is 82.4 cm³/mol. The average Bonchev–Trinajstić information content (AvgIpc) is 2.62. The van der Waals surface area contributed by atoms with Gasteiger partial charge < -0.3 is 55.6 Å². The van der Waals surface area contributed by atoms with Gasteiger partial charge in [0.1, 0.15) is 48.8 Å². The highest BCUT2D eigenvalue weighted by atomic mass is 16.7. The summed E-state index contributed by atoms with van der Waals surface area (Å²) in [7, 11) is 0. The first-order valence-corrected chi connectivity index (χ1v) is 7.98. The largest absolute Gasteiger partial charge is 0.394 e. The molecule has 1 fully saturated rings. The lowest BCUT2D eigenvalue weighted by Crippen LogP contribution is -2.66. The molecule has 0 unspecified atom stereocenters. The summed E-state index contributed by atoms with van der Waals surface area (Å²) in [4.78, 5) is 11.3. The van der Waals surface area contributed by atoms with Crippen molar-refractivity contribution in [2.75, 3.05) is 19.8 Å². The van der Waals surface area contributed by atoms with Gasteiger partial charge in [-0.05, 0) is 0 Å². The molecule has 12 nitrogen and oxygen atoms in total. The van der Waals surface area contributed by atoms with Gasteiger partial charge in [-0.2, -0.15) is 0 Å². The maximum Gasteiger partial charge on any atom is 0.217 e. The molecule has 26 heavy (non-hydrogen) atoms. The van der Waals surface area contributed by atoms with Crippen LogP contribution >= 0.6 is 0 Å². The highest BCUT2D eigenvalue weighted by Crippen LogP contribution is 2.25. The Hall–Kier alpha value is -0.930. The van der Waals surface area contributed by atoms with Crippen LogP contribution in [0.5, 0.6) is 0 Å². The van der Waals surface area contributed by atoms with Gasteiger partial charge in [-0.1, -0.05) is 0 Å². The molecule has 9 atom stereocenters. The van der Waals surface area contributed by atoms with Crippen molar-refractivity contribution in [2.24, 2.45) is 0 Å². The van der Waals surface area contributed by atoms with E-state index in [1.807, 2.05) is 0 Å². The van der Waals surface area contributed by atoms with Gasteiger partial charge in [0, 0.05) is 6.92 Å². The number of hydrogen-bond donors (Lipinski definition) is 9. The molecule has 9 N–H and O–H groups in total. The van der Waals surface area contributed by atoms with E-state index >= 15 is 0 Å². The molecule has 0 aliphatic carbocycles. The third-order valence-corrected chi connectivity index (χ3v) is 4.03. The lowest BCUT2D eigenvalue weighted by atomic mass is 9.96. The van der Waals surface area contributed by atoms with Crippen LogP contribution in [-0.4, -0.2) is 122 Å². The predicted octanol–water partition coefficient (Wildman–Crippen LogP) is -5.62. The van der Waals surface area contributed by atoms with Crippen LogP contribution in [0.2, 0.25) is 0 Å². The van der Waals surface area contributed by atoms with Gasteiger partial charge in [-0.25, -0.2) is 0 Å². The number of carbonyl (C=O) groups is 1. The van der Waals surface area contributed by atoms with Crippen LogP contribution in [0.1, 0.15) is 6.92 Å². The minimum atomic E-state index is -1.86. The molecule has 1 aliphatic heterocycles. The second-order valence-corrected chi connectivity index (χ2v) is 6.02. The minimum Gasteiger partial charge on any atom is -0.394 e. The summed E-state index contributed by atoms with van der Waals surface area (Å²) < 4.78 is 10.6. The van der Waals surface area contributed by atoms with Crippen molar-refractivity contribution >= 4 is 5.91 Å². The lowest BCUT2D eigenvalue weighted by molar-refractivity contribution is -0.302. The van der Waals surface area contributed by atoms with E-state index in [1.54, 1.807) is 0 Å². The average molecular weight is 385 g/mol. The summed E-state index contributed by atoms with van der Waals surface area (Å²) in [5, 5.41) is 79.1. The molecular formula is C14H27NO11. The summed E-state index contributed by atoms with van der Waals surface area (Å²) in [5.41, 5.74) is 0. The fourth-order valence-electron chi connectivity index (χ4n) is 2.57. The Labute approximate surface area is 149 Å². The second-order valence-electron chi connectivity index (χ2n) is 6.02. The highest BCUT2D eigenvalue weighted by molar-refractivity contribution is 5.73. The number of aliphatic hydroxyl groups excluding tert-OH is 8. The van der Waals surface area contributed by atoms with Crippen molar-refractivity contribution in [3.63, 3.8) is 0 Å². The van der Waals surface area contributed by atoms with Crippen LogP contribution < -0.4 is 5.32 Å². The fourth-order valence-corrected chi connectivity index (χ4v) is 2.57. The molecule has 1 rings (SSSR count). The zero-order valence-electron chi connectivity index (χ0n) is 14.1. The Kier molecular flexibility index (Phi) is 9.26. The number of carbonyl (C=O) groups excluding carboxylic acids is 1. The SMILES string of the molecule is CC(=O)N[C@H]1[C@@H](O[C@H]([C@H](O)[C@@H](O)CO)[C@H](O)CO)O[C@H](CO)[C@@H](O)[C@@H]1O. The molecule has 12 heteroatoms. The smallest absolute Gasteiger partial charge is 0.217 e. The Morgan fingerprint density at radius 3 is 2.12 bits per heavy atom. The van der Waals surface area contributed by atoms with Crippen LogP contribution in [0.4, 0.5) is 0 Å². The molecule has 0 bridgehead atoms. The quantitative estimate of drug-likeness (QED) is 0.183. The molecule has 0 aromatic rings. The van der Waals surface area contributed by atoms with Crippen molar-refractivity contribution in [2.45, 2.75) is 62.0 Å². The van der Waals surface area contributed by atoms with Crippen LogP contribution in [0.15, 0.2) is 0 Å². The number of rotatable bonds is 9. The van der Waals surface area contributed by atoms with Crippen molar-refractivity contribution in [1.29, 1.82) is 0 Å². The van der Waals surface area contributed by atoms with Gasteiger partial charge in [-0.15, -0.1) is 0 Å². The molecule has 0 saturated carbocycles. The molecule has 0 aromatic carbocycles. The van der Waals surface area contributed by atoms with Gasteiger partial charge in [0.15, 0.2) is 6.29 Å². The minimum absolute atomic E-state index is 0.615. The summed E-state index contributed by atoms with van der Waals surface area (Å²) >= 11 is 0. The van der Waals surface area contributed by atoms with E-state index in [1.165, 1.54) is 0 Å². The van der Waals surface area contributed by atoms with E-state index in [4.69, 9.17) is 19.7 Å². The van der Waals surface area contributed by atoms with Crippen LogP contribution in [0.25, 0.3) is 0 Å². The van der Waals surface area contributed by atoms with Crippen molar-refractivity contribution in [3.05, 3.63) is 0 Å². The van der Waals surface area contributed by atoms with E-state index in [-0.39, 0.29) is 0 Å². The molecule has 154 valence electrons. The molecule has 0 spiro atoms. The van der Waals surface area contributed by atoms with Crippen LogP contribution in [0.3, 0.4) is 0 Å². The normalized spacial score (nSPS) is 34.0. The maximum absolute atomic E-state index is 11.3. The number of nitrogens with one attached hydrogen (secondary N) is 1. The molecule has 1 saturated heterocycles. The van der Waals surface area contributed by atoms with E-state index < -0.39 is 80.8 Å². The molecule has 1 amide bonds. The van der Waals surface area contributed by atoms with Gasteiger partial charge in [0.25, 0.3) is 0 Å².